The van der Waals surface area contributed by atoms with Gasteiger partial charge in [-0.1, -0.05) is 12.1 Å². The number of anilines is 1. The molecule has 4 rings (SSSR count). The first-order valence-corrected chi connectivity index (χ1v) is 11.7. The van der Waals surface area contributed by atoms with E-state index in [9.17, 15) is 9.59 Å². The van der Waals surface area contributed by atoms with Crippen LogP contribution in [0.1, 0.15) is 43.5 Å². The van der Waals surface area contributed by atoms with Gasteiger partial charge in [-0.15, -0.1) is 0 Å². The third-order valence-corrected chi connectivity index (χ3v) is 6.76. The van der Waals surface area contributed by atoms with E-state index < -0.39 is 6.04 Å². The Labute approximate surface area is 186 Å². The van der Waals surface area contributed by atoms with Gasteiger partial charge >= 0.3 is 0 Å². The Morgan fingerprint density at radius 2 is 2.13 bits per heavy atom. The van der Waals surface area contributed by atoms with Gasteiger partial charge in [-0.25, -0.2) is 4.98 Å². The molecule has 1 unspecified atom stereocenters. The molecule has 2 aromatic rings. The molecule has 2 aliphatic rings. The van der Waals surface area contributed by atoms with Gasteiger partial charge in [-0.05, 0) is 49.8 Å². The molecule has 0 radical (unpaired) electrons. The van der Waals surface area contributed by atoms with Crippen molar-refractivity contribution in [3.05, 3.63) is 35.7 Å². The summed E-state index contributed by atoms with van der Waals surface area (Å²) >= 11 is 1.41. The van der Waals surface area contributed by atoms with Crippen molar-refractivity contribution in [2.24, 2.45) is 5.92 Å². The second-order valence-electron chi connectivity index (χ2n) is 8.13. The van der Waals surface area contributed by atoms with Gasteiger partial charge < -0.3 is 20.3 Å². The molecule has 2 aliphatic heterocycles. The van der Waals surface area contributed by atoms with Crippen LogP contribution in [0.15, 0.2) is 24.3 Å². The van der Waals surface area contributed by atoms with E-state index in [1.165, 1.54) is 11.5 Å². The van der Waals surface area contributed by atoms with Gasteiger partial charge in [-0.2, -0.15) is 4.37 Å². The summed E-state index contributed by atoms with van der Waals surface area (Å²) in [6, 6.07) is 7.54. The van der Waals surface area contributed by atoms with E-state index in [0.717, 1.165) is 67.5 Å². The van der Waals surface area contributed by atoms with E-state index in [1.54, 1.807) is 7.11 Å². The number of ether oxygens (including phenoxy) is 1. The largest absolute Gasteiger partial charge is 0.497 e. The maximum Gasteiger partial charge on any atom is 0.242 e. The Hall–Kier alpha value is -2.68. The van der Waals surface area contributed by atoms with Crippen LogP contribution in [0.25, 0.3) is 0 Å². The van der Waals surface area contributed by atoms with Crippen molar-refractivity contribution in [1.29, 1.82) is 0 Å². The number of rotatable bonds is 6. The van der Waals surface area contributed by atoms with E-state index in [1.807, 2.05) is 24.3 Å². The molecule has 2 amide bonds. The van der Waals surface area contributed by atoms with E-state index in [2.05, 4.69) is 19.9 Å². The molecule has 2 fully saturated rings. The van der Waals surface area contributed by atoms with Gasteiger partial charge in [0.05, 0.1) is 7.11 Å². The van der Waals surface area contributed by atoms with E-state index in [4.69, 9.17) is 9.72 Å². The Bertz CT molecular complexity index is 910. The number of amides is 2. The number of methoxy groups -OCH3 is 1. The lowest BCUT2D eigenvalue weighted by Gasteiger charge is -2.31. The third-order valence-electron chi connectivity index (χ3n) is 5.94. The second kappa shape index (κ2) is 10.1. The predicted octanol–water partition coefficient (Wildman–Crippen LogP) is 2.14. The first-order chi connectivity index (χ1) is 15.1. The summed E-state index contributed by atoms with van der Waals surface area (Å²) in [7, 11) is 1.66. The lowest BCUT2D eigenvalue weighted by Crippen LogP contribution is -2.49. The molecule has 1 aromatic heterocycles. The molecule has 2 saturated heterocycles. The van der Waals surface area contributed by atoms with E-state index in [-0.39, 0.29) is 17.7 Å². The maximum atomic E-state index is 12.7. The van der Waals surface area contributed by atoms with Gasteiger partial charge in [0.2, 0.25) is 16.9 Å². The number of carbonyl (C=O) groups is 2. The Morgan fingerprint density at radius 1 is 1.29 bits per heavy atom. The van der Waals surface area contributed by atoms with Gasteiger partial charge in [0.15, 0.2) is 0 Å². The molecule has 0 spiro atoms. The number of benzene rings is 1. The number of nitrogens with one attached hydrogen (secondary N) is 2. The van der Waals surface area contributed by atoms with Crippen LogP contribution in [0.4, 0.5) is 5.13 Å². The minimum Gasteiger partial charge on any atom is -0.497 e. The third kappa shape index (κ3) is 5.52. The average Bonchev–Trinajstić information content (AvgIpc) is 3.17. The summed E-state index contributed by atoms with van der Waals surface area (Å²) in [5.41, 5.74) is 1.11. The first-order valence-electron chi connectivity index (χ1n) is 10.9. The monoisotopic (exact) mass is 443 g/mol. The minimum atomic E-state index is -0.393. The van der Waals surface area contributed by atoms with Crippen LogP contribution in [0.2, 0.25) is 0 Å². The van der Waals surface area contributed by atoms with Crippen molar-refractivity contribution in [2.75, 3.05) is 31.6 Å². The zero-order chi connectivity index (χ0) is 21.6. The predicted molar refractivity (Wildman–Crippen MR) is 119 cm³/mol. The quantitative estimate of drug-likeness (QED) is 0.710. The second-order valence-corrected chi connectivity index (χ2v) is 8.86. The lowest BCUT2D eigenvalue weighted by molar-refractivity contribution is -0.131. The molecular formula is C22H29N5O3S. The van der Waals surface area contributed by atoms with Crippen LogP contribution in [-0.4, -0.2) is 54.0 Å². The summed E-state index contributed by atoms with van der Waals surface area (Å²) < 4.78 is 9.80. The average molecular weight is 444 g/mol. The van der Waals surface area contributed by atoms with Crippen LogP contribution >= 0.6 is 11.5 Å². The number of carbonyl (C=O) groups excluding carboxylic acids is 2. The molecule has 8 nitrogen and oxygen atoms in total. The van der Waals surface area contributed by atoms with Crippen molar-refractivity contribution in [1.82, 2.24) is 20.0 Å². The van der Waals surface area contributed by atoms with E-state index in [0.29, 0.717) is 13.0 Å². The summed E-state index contributed by atoms with van der Waals surface area (Å²) in [4.78, 5) is 31.7. The molecule has 0 saturated carbocycles. The zero-order valence-electron chi connectivity index (χ0n) is 17.8. The van der Waals surface area contributed by atoms with Gasteiger partial charge in [0.25, 0.3) is 0 Å². The Balaban J connectivity index is 1.28. The minimum absolute atomic E-state index is 0.00215. The molecule has 3 heterocycles. The SMILES string of the molecule is COc1cccc(Cc2nsc(N3CCC(C(=O)NC4CCCCNC4=O)CC3)n2)c1. The number of aromatic nitrogens is 2. The molecule has 0 bridgehead atoms. The van der Waals surface area contributed by atoms with Crippen LogP contribution in [0, 0.1) is 5.92 Å². The number of hydrogen-bond donors (Lipinski definition) is 2. The van der Waals surface area contributed by atoms with Crippen LogP contribution < -0.4 is 20.3 Å². The van der Waals surface area contributed by atoms with Gasteiger partial charge in [-0.3, -0.25) is 9.59 Å². The summed E-state index contributed by atoms with van der Waals surface area (Å²) in [6.07, 6.45) is 4.82. The fourth-order valence-corrected chi connectivity index (χ4v) is 4.85. The van der Waals surface area contributed by atoms with Crippen molar-refractivity contribution in [3.8, 4) is 5.75 Å². The highest BCUT2D eigenvalue weighted by Gasteiger charge is 2.30. The standard InChI is InChI=1S/C22H29N5O3S/c1-30-17-6-4-5-15(13-17)14-19-25-22(31-26-19)27-11-8-16(9-12-27)20(28)24-18-7-2-3-10-23-21(18)29/h4-6,13,16,18H,2-3,7-12,14H2,1H3,(H,23,29)(H,24,28). The van der Waals surface area contributed by atoms with Gasteiger partial charge in [0.1, 0.15) is 17.6 Å². The molecule has 2 N–H and O–H groups in total. The normalized spacial score (nSPS) is 20.1. The molecular weight excluding hydrogens is 414 g/mol. The van der Waals surface area contributed by atoms with Crippen molar-refractivity contribution < 1.29 is 14.3 Å². The van der Waals surface area contributed by atoms with Crippen LogP contribution in [-0.2, 0) is 16.0 Å². The topological polar surface area (TPSA) is 96.5 Å². The smallest absolute Gasteiger partial charge is 0.242 e. The summed E-state index contributed by atoms with van der Waals surface area (Å²) in [5, 5.41) is 6.75. The van der Waals surface area contributed by atoms with E-state index >= 15 is 0 Å². The summed E-state index contributed by atoms with van der Waals surface area (Å²) in [5.74, 6) is 1.51. The molecule has 1 atom stereocenters. The highest BCUT2D eigenvalue weighted by atomic mass is 32.1. The Kier molecular flexibility index (Phi) is 7.01. The molecule has 0 aliphatic carbocycles. The Morgan fingerprint density at radius 3 is 2.94 bits per heavy atom. The lowest BCUT2D eigenvalue weighted by atomic mass is 9.95. The van der Waals surface area contributed by atoms with Gasteiger partial charge in [0, 0.05) is 43.5 Å². The highest BCUT2D eigenvalue weighted by molar-refractivity contribution is 7.09. The summed E-state index contributed by atoms with van der Waals surface area (Å²) in [6.45, 7) is 2.23. The zero-order valence-corrected chi connectivity index (χ0v) is 18.6. The fourth-order valence-electron chi connectivity index (χ4n) is 4.11. The van der Waals surface area contributed by atoms with Crippen LogP contribution in [0.3, 0.4) is 0 Å². The highest BCUT2D eigenvalue weighted by Crippen LogP contribution is 2.26. The van der Waals surface area contributed by atoms with Crippen LogP contribution in [0.5, 0.6) is 5.75 Å². The number of nitrogens with zero attached hydrogens (tertiary/aromatic N) is 3. The number of hydrogen-bond acceptors (Lipinski definition) is 7. The van der Waals surface area contributed by atoms with Crippen molar-refractivity contribution in [3.63, 3.8) is 0 Å². The number of piperidine rings is 1. The first kappa shape index (κ1) is 21.5. The molecule has 9 heteroatoms. The van der Waals surface area contributed by atoms with Crippen molar-refractivity contribution in [2.45, 2.75) is 44.6 Å². The molecule has 31 heavy (non-hydrogen) atoms. The molecule has 166 valence electrons. The maximum absolute atomic E-state index is 12.7. The molecule has 1 aromatic carbocycles. The van der Waals surface area contributed by atoms with Crippen molar-refractivity contribution >= 4 is 28.5 Å². The fraction of sp³-hybridized carbons (Fsp3) is 0.545.